The second kappa shape index (κ2) is 8.46. The van der Waals surface area contributed by atoms with Crippen molar-refractivity contribution in [3.8, 4) is 0 Å². The normalized spacial score (nSPS) is 10.3. The number of thioether (sulfide) groups is 1. The highest BCUT2D eigenvalue weighted by Gasteiger charge is 2.07. The predicted octanol–water partition coefficient (Wildman–Crippen LogP) is 3.83. The molecule has 0 atom stereocenters. The largest absolute Gasteiger partial charge is 0.444 e. The van der Waals surface area contributed by atoms with Gasteiger partial charge < -0.3 is 9.84 Å². The number of benzene rings is 2. The summed E-state index contributed by atoms with van der Waals surface area (Å²) in [4.78, 5) is 12.9. The Morgan fingerprint density at radius 3 is 2.68 bits per heavy atom. The third-order valence-corrected chi connectivity index (χ3v) is 3.98. The van der Waals surface area contributed by atoms with Gasteiger partial charge in [0, 0.05) is 16.3 Å². The summed E-state index contributed by atoms with van der Waals surface area (Å²) in [7, 11) is 0. The molecule has 0 bridgehead atoms. The summed E-state index contributed by atoms with van der Waals surface area (Å²) in [5.41, 5.74) is 2.64. The molecule has 2 aromatic rings. The van der Waals surface area contributed by atoms with Crippen molar-refractivity contribution in [2.75, 3.05) is 17.7 Å². The van der Waals surface area contributed by atoms with Crippen molar-refractivity contribution < 1.29 is 14.6 Å². The van der Waals surface area contributed by atoms with Crippen molar-refractivity contribution in [1.82, 2.24) is 0 Å². The second-order valence-corrected chi connectivity index (χ2v) is 5.90. The smallest absolute Gasteiger partial charge is 0.411 e. The number of hydrogen-bond acceptors (Lipinski definition) is 4. The molecular formula is C17H19NO3S. The maximum atomic E-state index is 11.8. The SMILES string of the molecule is Cc1cc(SCCO)ccc1NC(=O)OCc1ccccc1. The van der Waals surface area contributed by atoms with Crippen LogP contribution in [-0.2, 0) is 11.3 Å². The van der Waals surface area contributed by atoms with Crippen LogP contribution in [0.25, 0.3) is 0 Å². The summed E-state index contributed by atoms with van der Waals surface area (Å²) in [6.07, 6.45) is -0.470. The summed E-state index contributed by atoms with van der Waals surface area (Å²) in [5, 5.41) is 11.6. The monoisotopic (exact) mass is 317 g/mol. The van der Waals surface area contributed by atoms with E-state index in [0.717, 1.165) is 21.7 Å². The molecule has 2 rings (SSSR count). The topological polar surface area (TPSA) is 58.6 Å². The van der Waals surface area contributed by atoms with Gasteiger partial charge in [0.1, 0.15) is 6.61 Å². The summed E-state index contributed by atoms with van der Waals surface area (Å²) in [6.45, 7) is 2.32. The third kappa shape index (κ3) is 5.09. The molecule has 0 radical (unpaired) electrons. The molecule has 0 aliphatic carbocycles. The molecule has 4 nitrogen and oxygen atoms in total. The molecule has 0 fully saturated rings. The summed E-state index contributed by atoms with van der Waals surface area (Å²) in [6, 6.07) is 15.3. The predicted molar refractivity (Wildman–Crippen MR) is 89.2 cm³/mol. The first-order valence-corrected chi connectivity index (χ1v) is 7.99. The maximum Gasteiger partial charge on any atom is 0.411 e. The van der Waals surface area contributed by atoms with E-state index >= 15 is 0 Å². The van der Waals surface area contributed by atoms with E-state index in [2.05, 4.69) is 5.32 Å². The zero-order valence-electron chi connectivity index (χ0n) is 12.4. The number of hydrogen-bond donors (Lipinski definition) is 2. The van der Waals surface area contributed by atoms with Crippen molar-refractivity contribution in [3.63, 3.8) is 0 Å². The van der Waals surface area contributed by atoms with E-state index in [4.69, 9.17) is 9.84 Å². The molecule has 2 aromatic carbocycles. The summed E-state index contributed by atoms with van der Waals surface area (Å²) in [5.74, 6) is 0.658. The molecular weight excluding hydrogens is 298 g/mol. The minimum Gasteiger partial charge on any atom is -0.444 e. The van der Waals surface area contributed by atoms with E-state index in [1.54, 1.807) is 11.8 Å². The van der Waals surface area contributed by atoms with E-state index in [-0.39, 0.29) is 13.2 Å². The van der Waals surface area contributed by atoms with Crippen LogP contribution in [0, 0.1) is 6.92 Å². The molecule has 0 spiro atoms. The maximum absolute atomic E-state index is 11.8. The Hall–Kier alpha value is -1.98. The summed E-state index contributed by atoms with van der Waals surface area (Å²) < 4.78 is 5.19. The van der Waals surface area contributed by atoms with E-state index in [9.17, 15) is 4.79 Å². The van der Waals surface area contributed by atoms with E-state index < -0.39 is 6.09 Å². The number of aryl methyl sites for hydroxylation is 1. The fraction of sp³-hybridized carbons (Fsp3) is 0.235. The molecule has 1 amide bonds. The molecule has 2 N–H and O–H groups in total. The quantitative estimate of drug-likeness (QED) is 0.795. The lowest BCUT2D eigenvalue weighted by atomic mass is 10.2. The molecule has 22 heavy (non-hydrogen) atoms. The molecule has 0 saturated heterocycles. The Morgan fingerprint density at radius 2 is 2.00 bits per heavy atom. The Kier molecular flexibility index (Phi) is 6.30. The van der Waals surface area contributed by atoms with Crippen LogP contribution < -0.4 is 5.32 Å². The standard InChI is InChI=1S/C17H19NO3S/c1-13-11-15(22-10-9-19)7-8-16(13)18-17(20)21-12-14-5-3-2-4-6-14/h2-8,11,19H,9-10,12H2,1H3,(H,18,20). The second-order valence-electron chi connectivity index (χ2n) is 4.74. The highest BCUT2D eigenvalue weighted by Crippen LogP contribution is 2.24. The Balaban J connectivity index is 1.88. The van der Waals surface area contributed by atoms with Gasteiger partial charge >= 0.3 is 6.09 Å². The third-order valence-electron chi connectivity index (χ3n) is 3.01. The zero-order valence-corrected chi connectivity index (χ0v) is 13.2. The first kappa shape index (κ1) is 16.4. The van der Waals surface area contributed by atoms with E-state index in [1.165, 1.54) is 0 Å². The fourth-order valence-corrected chi connectivity index (χ4v) is 2.65. The van der Waals surface area contributed by atoms with Crippen LogP contribution in [0.15, 0.2) is 53.4 Å². The van der Waals surface area contributed by atoms with Gasteiger partial charge in [0.05, 0.1) is 6.61 Å². The Bertz CT molecular complexity index is 617. The minimum atomic E-state index is -0.470. The number of aliphatic hydroxyl groups is 1. The van der Waals surface area contributed by atoms with Gasteiger partial charge in [0.2, 0.25) is 0 Å². The van der Waals surface area contributed by atoms with Crippen molar-refractivity contribution in [3.05, 3.63) is 59.7 Å². The molecule has 5 heteroatoms. The first-order chi connectivity index (χ1) is 10.7. The fourth-order valence-electron chi connectivity index (χ4n) is 1.90. The zero-order chi connectivity index (χ0) is 15.8. The average Bonchev–Trinajstić information content (AvgIpc) is 2.54. The lowest BCUT2D eigenvalue weighted by Crippen LogP contribution is -2.14. The number of rotatable bonds is 6. The molecule has 0 aliphatic heterocycles. The average molecular weight is 317 g/mol. The number of aliphatic hydroxyl groups excluding tert-OH is 1. The van der Waals surface area contributed by atoms with Crippen molar-refractivity contribution in [2.24, 2.45) is 0 Å². The highest BCUT2D eigenvalue weighted by atomic mass is 32.2. The molecule has 0 heterocycles. The Labute approximate surface area is 134 Å². The highest BCUT2D eigenvalue weighted by molar-refractivity contribution is 7.99. The van der Waals surface area contributed by atoms with Gasteiger partial charge in [-0.25, -0.2) is 4.79 Å². The van der Waals surface area contributed by atoms with Crippen LogP contribution in [-0.4, -0.2) is 23.6 Å². The van der Waals surface area contributed by atoms with Crippen LogP contribution in [0.1, 0.15) is 11.1 Å². The van der Waals surface area contributed by atoms with Crippen LogP contribution in [0.2, 0.25) is 0 Å². The molecule has 0 unspecified atom stereocenters. The number of carbonyl (C=O) groups is 1. The number of amides is 1. The lowest BCUT2D eigenvalue weighted by Gasteiger charge is -2.10. The van der Waals surface area contributed by atoms with Crippen LogP contribution in [0.4, 0.5) is 10.5 Å². The number of carbonyl (C=O) groups excluding carboxylic acids is 1. The molecule has 0 aromatic heterocycles. The van der Waals surface area contributed by atoms with Crippen molar-refractivity contribution in [2.45, 2.75) is 18.4 Å². The summed E-state index contributed by atoms with van der Waals surface area (Å²) >= 11 is 1.58. The van der Waals surface area contributed by atoms with Gasteiger partial charge in [-0.05, 0) is 36.2 Å². The van der Waals surface area contributed by atoms with Gasteiger partial charge in [0.25, 0.3) is 0 Å². The number of nitrogens with one attached hydrogen (secondary N) is 1. The van der Waals surface area contributed by atoms with Crippen LogP contribution >= 0.6 is 11.8 Å². The first-order valence-electron chi connectivity index (χ1n) is 7.01. The van der Waals surface area contributed by atoms with E-state index in [1.807, 2.05) is 55.5 Å². The van der Waals surface area contributed by atoms with Crippen LogP contribution in [0.5, 0.6) is 0 Å². The number of anilines is 1. The van der Waals surface area contributed by atoms with Gasteiger partial charge in [-0.15, -0.1) is 11.8 Å². The van der Waals surface area contributed by atoms with Gasteiger partial charge in [-0.2, -0.15) is 0 Å². The Morgan fingerprint density at radius 1 is 1.23 bits per heavy atom. The molecule has 0 aliphatic rings. The lowest BCUT2D eigenvalue weighted by molar-refractivity contribution is 0.155. The molecule has 0 saturated carbocycles. The van der Waals surface area contributed by atoms with Crippen molar-refractivity contribution in [1.29, 1.82) is 0 Å². The number of ether oxygens (including phenoxy) is 1. The van der Waals surface area contributed by atoms with Gasteiger partial charge in [-0.3, -0.25) is 5.32 Å². The van der Waals surface area contributed by atoms with Gasteiger partial charge in [0.15, 0.2) is 0 Å². The molecule has 116 valence electrons. The van der Waals surface area contributed by atoms with Crippen molar-refractivity contribution >= 4 is 23.5 Å². The van der Waals surface area contributed by atoms with Crippen LogP contribution in [0.3, 0.4) is 0 Å². The van der Waals surface area contributed by atoms with E-state index in [0.29, 0.717) is 5.75 Å². The van der Waals surface area contributed by atoms with Gasteiger partial charge in [-0.1, -0.05) is 30.3 Å². The minimum absolute atomic E-state index is 0.148.